The molecular weight excluding hydrogens is 145 g/mol. The first-order chi connectivity index (χ1) is 3.48. The van der Waals surface area contributed by atoms with E-state index in [1.165, 1.54) is 13.8 Å². The minimum atomic E-state index is -1.32. The summed E-state index contributed by atoms with van der Waals surface area (Å²) in [7, 11) is 0. The second kappa shape index (κ2) is 4.04. The van der Waals surface area contributed by atoms with Crippen molar-refractivity contribution in [3.8, 4) is 0 Å². The van der Waals surface area contributed by atoms with Gasteiger partial charge >= 0.3 is 0 Å². The predicted molar refractivity (Wildman–Crippen MR) is 37.5 cm³/mol. The molecule has 0 aliphatic rings. The lowest BCUT2D eigenvalue weighted by Crippen LogP contribution is -2.37. The molecule has 0 rings (SSSR count). The van der Waals surface area contributed by atoms with E-state index < -0.39 is 11.8 Å². The Balaban J connectivity index is 0. The Morgan fingerprint density at radius 3 is 2.00 bits per heavy atom. The van der Waals surface area contributed by atoms with Crippen LogP contribution in [0.4, 0.5) is 4.39 Å². The lowest BCUT2D eigenvalue weighted by atomic mass is 10.0. The molecule has 0 aliphatic carbocycles. The molecular formula is C5H13ClFNO. The van der Waals surface area contributed by atoms with Crippen molar-refractivity contribution in [2.45, 2.75) is 25.6 Å². The highest BCUT2D eigenvalue weighted by molar-refractivity contribution is 5.85. The summed E-state index contributed by atoms with van der Waals surface area (Å²) in [6.07, 6.45) is -1.32. The fourth-order valence-electron chi connectivity index (χ4n) is 0.288. The van der Waals surface area contributed by atoms with Crippen molar-refractivity contribution >= 4 is 12.4 Å². The molecule has 4 heteroatoms. The van der Waals surface area contributed by atoms with Crippen LogP contribution in [0.1, 0.15) is 13.8 Å². The van der Waals surface area contributed by atoms with Gasteiger partial charge in [-0.25, -0.2) is 4.39 Å². The highest BCUT2D eigenvalue weighted by Gasteiger charge is 2.24. The Kier molecular flexibility index (Phi) is 5.33. The number of rotatable bonds is 2. The minimum absolute atomic E-state index is 0. The van der Waals surface area contributed by atoms with Crippen LogP contribution in [-0.2, 0) is 0 Å². The van der Waals surface area contributed by atoms with Gasteiger partial charge in [0.2, 0.25) is 0 Å². The maximum atomic E-state index is 12.3. The van der Waals surface area contributed by atoms with Crippen LogP contribution in [0.3, 0.4) is 0 Å². The van der Waals surface area contributed by atoms with Crippen LogP contribution in [0.2, 0.25) is 0 Å². The lowest BCUT2D eigenvalue weighted by molar-refractivity contribution is 0.00143. The normalized spacial score (nSPS) is 14.3. The van der Waals surface area contributed by atoms with Crippen molar-refractivity contribution in [2.75, 3.05) is 6.54 Å². The molecule has 0 aromatic carbocycles. The second-order valence-corrected chi connectivity index (χ2v) is 2.36. The molecule has 0 radical (unpaired) electrons. The fraction of sp³-hybridized carbons (Fsp3) is 1.00. The van der Waals surface area contributed by atoms with Crippen LogP contribution >= 0.6 is 12.4 Å². The van der Waals surface area contributed by atoms with Crippen LogP contribution in [0.25, 0.3) is 0 Å². The zero-order valence-electron chi connectivity index (χ0n) is 5.60. The molecule has 1 unspecified atom stereocenters. The van der Waals surface area contributed by atoms with Crippen LogP contribution in [0, 0.1) is 0 Å². The molecule has 2 nitrogen and oxygen atoms in total. The first-order valence-electron chi connectivity index (χ1n) is 2.55. The van der Waals surface area contributed by atoms with E-state index in [2.05, 4.69) is 0 Å². The van der Waals surface area contributed by atoms with Gasteiger partial charge in [0.25, 0.3) is 0 Å². The van der Waals surface area contributed by atoms with E-state index in [1.807, 2.05) is 0 Å². The summed E-state index contributed by atoms with van der Waals surface area (Å²) in [6.45, 7) is 2.67. The number of hydrogen-bond donors (Lipinski definition) is 2. The van der Waals surface area contributed by atoms with Gasteiger partial charge in [0.15, 0.2) is 0 Å². The van der Waals surface area contributed by atoms with Crippen molar-refractivity contribution in [2.24, 2.45) is 5.73 Å². The molecule has 0 saturated heterocycles. The summed E-state index contributed by atoms with van der Waals surface area (Å²) in [5, 5.41) is 8.83. The standard InChI is InChI=1S/C5H12FNO.ClH/c1-5(2,8)4(6)3-7;/h4,8H,3,7H2,1-2H3;1H. The number of nitrogens with two attached hydrogens (primary N) is 1. The van der Waals surface area contributed by atoms with Crippen molar-refractivity contribution in [1.82, 2.24) is 0 Å². The van der Waals surface area contributed by atoms with E-state index >= 15 is 0 Å². The summed E-state index contributed by atoms with van der Waals surface area (Å²) in [5.41, 5.74) is 3.64. The van der Waals surface area contributed by atoms with Gasteiger partial charge in [-0.3, -0.25) is 0 Å². The first kappa shape index (κ1) is 11.9. The van der Waals surface area contributed by atoms with E-state index in [0.717, 1.165) is 0 Å². The van der Waals surface area contributed by atoms with E-state index in [9.17, 15) is 4.39 Å². The number of alkyl halides is 1. The van der Waals surface area contributed by atoms with Crippen molar-refractivity contribution in [3.63, 3.8) is 0 Å². The number of hydrogen-bond acceptors (Lipinski definition) is 2. The SMILES string of the molecule is CC(C)(O)C(F)CN.Cl. The molecule has 0 fully saturated rings. The second-order valence-electron chi connectivity index (χ2n) is 2.36. The predicted octanol–water partition coefficient (Wildman–Crippen LogP) is 0.476. The molecule has 0 saturated carbocycles. The zero-order valence-corrected chi connectivity index (χ0v) is 6.41. The fourth-order valence-corrected chi connectivity index (χ4v) is 0.288. The quantitative estimate of drug-likeness (QED) is 0.613. The highest BCUT2D eigenvalue weighted by atomic mass is 35.5. The Hall–Kier alpha value is 0.140. The topological polar surface area (TPSA) is 46.2 Å². The average molecular weight is 158 g/mol. The van der Waals surface area contributed by atoms with Gasteiger partial charge in [-0.05, 0) is 13.8 Å². The molecule has 0 heterocycles. The molecule has 0 aliphatic heterocycles. The smallest absolute Gasteiger partial charge is 0.140 e. The molecule has 0 spiro atoms. The van der Waals surface area contributed by atoms with Crippen LogP contribution in [0.15, 0.2) is 0 Å². The maximum Gasteiger partial charge on any atom is 0.140 e. The monoisotopic (exact) mass is 157 g/mol. The van der Waals surface area contributed by atoms with Crippen LogP contribution < -0.4 is 5.73 Å². The summed E-state index contributed by atoms with van der Waals surface area (Å²) in [4.78, 5) is 0. The first-order valence-corrected chi connectivity index (χ1v) is 2.55. The van der Waals surface area contributed by atoms with Gasteiger partial charge < -0.3 is 10.8 Å². The number of aliphatic hydroxyl groups is 1. The van der Waals surface area contributed by atoms with Crippen LogP contribution in [-0.4, -0.2) is 23.4 Å². The van der Waals surface area contributed by atoms with Gasteiger partial charge in [-0.15, -0.1) is 12.4 Å². The maximum absolute atomic E-state index is 12.3. The summed E-state index contributed by atoms with van der Waals surface area (Å²) >= 11 is 0. The van der Waals surface area contributed by atoms with Crippen LogP contribution in [0.5, 0.6) is 0 Å². The van der Waals surface area contributed by atoms with E-state index in [0.29, 0.717) is 0 Å². The number of halogens is 2. The Morgan fingerprint density at radius 1 is 1.67 bits per heavy atom. The lowest BCUT2D eigenvalue weighted by Gasteiger charge is -2.20. The van der Waals surface area contributed by atoms with Crippen molar-refractivity contribution in [3.05, 3.63) is 0 Å². The van der Waals surface area contributed by atoms with Crippen molar-refractivity contribution < 1.29 is 9.50 Å². The molecule has 0 amide bonds. The van der Waals surface area contributed by atoms with Gasteiger partial charge in [0.1, 0.15) is 6.17 Å². The summed E-state index contributed by atoms with van der Waals surface area (Å²) in [6, 6.07) is 0. The Bertz CT molecular complexity index is 73.8. The zero-order chi connectivity index (χ0) is 6.78. The van der Waals surface area contributed by atoms with Gasteiger partial charge in [0, 0.05) is 6.54 Å². The molecule has 1 atom stereocenters. The van der Waals surface area contributed by atoms with Crippen molar-refractivity contribution in [1.29, 1.82) is 0 Å². The Morgan fingerprint density at radius 2 is 2.00 bits per heavy atom. The van der Waals surface area contributed by atoms with Gasteiger partial charge in [0.05, 0.1) is 5.60 Å². The molecule has 3 N–H and O–H groups in total. The Labute approximate surface area is 60.7 Å². The molecule has 0 aromatic heterocycles. The third kappa shape index (κ3) is 4.63. The third-order valence-electron chi connectivity index (χ3n) is 0.973. The molecule has 0 aromatic rings. The third-order valence-corrected chi connectivity index (χ3v) is 0.973. The minimum Gasteiger partial charge on any atom is -0.387 e. The van der Waals surface area contributed by atoms with E-state index in [4.69, 9.17) is 10.8 Å². The summed E-state index contributed by atoms with van der Waals surface area (Å²) in [5.74, 6) is 0. The van der Waals surface area contributed by atoms with Gasteiger partial charge in [-0.1, -0.05) is 0 Å². The molecule has 9 heavy (non-hydrogen) atoms. The van der Waals surface area contributed by atoms with E-state index in [1.54, 1.807) is 0 Å². The molecule has 0 bridgehead atoms. The van der Waals surface area contributed by atoms with E-state index in [-0.39, 0.29) is 19.0 Å². The highest BCUT2D eigenvalue weighted by Crippen LogP contribution is 2.09. The average Bonchev–Trinajstić information content (AvgIpc) is 1.62. The molecule has 58 valence electrons. The van der Waals surface area contributed by atoms with Gasteiger partial charge in [-0.2, -0.15) is 0 Å². The summed E-state index contributed by atoms with van der Waals surface area (Å²) < 4.78 is 12.3. The largest absolute Gasteiger partial charge is 0.387 e.